The van der Waals surface area contributed by atoms with Crippen LogP contribution in [0.1, 0.15) is 5.56 Å². The van der Waals surface area contributed by atoms with Crippen molar-refractivity contribution in [2.45, 2.75) is 6.61 Å². The minimum Gasteiger partial charge on any atom is -0.497 e. The largest absolute Gasteiger partial charge is 0.497 e. The first-order valence-corrected chi connectivity index (χ1v) is 5.52. The number of methoxy groups -OCH3 is 1. The smallest absolute Gasteiger partial charge is 0.130 e. The number of aliphatic hydroxyl groups excluding tert-OH is 1. The summed E-state index contributed by atoms with van der Waals surface area (Å²) in [6.07, 6.45) is 0. The number of hydrogen-bond acceptors (Lipinski definition) is 3. The highest BCUT2D eigenvalue weighted by Gasteiger charge is 2.04. The Labute approximate surface area is 105 Å². The van der Waals surface area contributed by atoms with Gasteiger partial charge in [-0.3, -0.25) is 0 Å². The number of rotatable bonds is 3. The highest BCUT2D eigenvalue weighted by Crippen LogP contribution is 2.23. The van der Waals surface area contributed by atoms with Gasteiger partial charge in [-0.25, -0.2) is 4.98 Å². The third-order valence-electron chi connectivity index (χ3n) is 2.42. The summed E-state index contributed by atoms with van der Waals surface area (Å²) in [5, 5.41) is 9.49. The average Bonchev–Trinajstić information content (AvgIpc) is 2.38. The Bertz CT molecular complexity index is 511. The van der Waals surface area contributed by atoms with Gasteiger partial charge in [0.15, 0.2) is 0 Å². The van der Waals surface area contributed by atoms with Crippen molar-refractivity contribution in [1.29, 1.82) is 0 Å². The third-order valence-corrected chi connectivity index (χ3v) is 2.62. The molecule has 4 heteroatoms. The number of aliphatic hydroxyl groups is 1. The van der Waals surface area contributed by atoms with Crippen molar-refractivity contribution < 1.29 is 9.84 Å². The molecule has 0 radical (unpaired) electrons. The maximum absolute atomic E-state index is 9.11. The van der Waals surface area contributed by atoms with Crippen molar-refractivity contribution >= 4 is 11.6 Å². The molecule has 2 aromatic rings. The van der Waals surface area contributed by atoms with Crippen molar-refractivity contribution in [3.05, 3.63) is 47.1 Å². The topological polar surface area (TPSA) is 42.4 Å². The quantitative estimate of drug-likeness (QED) is 0.851. The number of halogens is 1. The van der Waals surface area contributed by atoms with Crippen LogP contribution >= 0.6 is 11.6 Å². The Morgan fingerprint density at radius 3 is 2.53 bits per heavy atom. The summed E-state index contributed by atoms with van der Waals surface area (Å²) in [6, 6.07) is 11.0. The Balaban J connectivity index is 2.41. The number of hydrogen-bond donors (Lipinski definition) is 1. The Kier molecular flexibility index (Phi) is 3.61. The van der Waals surface area contributed by atoms with Crippen LogP contribution in [0.15, 0.2) is 36.4 Å². The second kappa shape index (κ2) is 5.17. The molecule has 0 saturated heterocycles. The SMILES string of the molecule is COc1ccc(-c2cc(CO)cc(Cl)n2)cc1. The van der Waals surface area contributed by atoms with E-state index in [1.54, 1.807) is 13.2 Å². The zero-order valence-corrected chi connectivity index (χ0v) is 10.1. The molecule has 0 unspecified atom stereocenters. The molecule has 1 aromatic heterocycles. The van der Waals surface area contributed by atoms with Gasteiger partial charge in [0.2, 0.25) is 0 Å². The van der Waals surface area contributed by atoms with Crippen LogP contribution in [-0.4, -0.2) is 17.2 Å². The molecule has 88 valence electrons. The molecule has 2 rings (SSSR count). The van der Waals surface area contributed by atoms with Crippen LogP contribution in [0.25, 0.3) is 11.3 Å². The number of benzene rings is 1. The summed E-state index contributed by atoms with van der Waals surface area (Å²) in [6.45, 7) is -0.0502. The van der Waals surface area contributed by atoms with E-state index in [1.807, 2.05) is 30.3 Å². The zero-order chi connectivity index (χ0) is 12.3. The van der Waals surface area contributed by atoms with Crippen molar-refractivity contribution in [3.8, 4) is 17.0 Å². The number of nitrogens with zero attached hydrogens (tertiary/aromatic N) is 1. The summed E-state index contributed by atoms with van der Waals surface area (Å²) in [5.74, 6) is 0.790. The van der Waals surface area contributed by atoms with Gasteiger partial charge in [0.25, 0.3) is 0 Å². The molecule has 17 heavy (non-hydrogen) atoms. The van der Waals surface area contributed by atoms with Crippen LogP contribution in [0.2, 0.25) is 5.15 Å². The first-order valence-electron chi connectivity index (χ1n) is 5.14. The lowest BCUT2D eigenvalue weighted by molar-refractivity contribution is 0.282. The second-order valence-corrected chi connectivity index (χ2v) is 3.96. The van der Waals surface area contributed by atoms with E-state index in [0.717, 1.165) is 22.6 Å². The van der Waals surface area contributed by atoms with E-state index in [1.165, 1.54) is 0 Å². The monoisotopic (exact) mass is 249 g/mol. The molecule has 0 fully saturated rings. The molecule has 0 aliphatic rings. The van der Waals surface area contributed by atoms with Crippen molar-refractivity contribution in [3.63, 3.8) is 0 Å². The predicted molar refractivity (Wildman–Crippen MR) is 67.2 cm³/mol. The van der Waals surface area contributed by atoms with Crippen LogP contribution < -0.4 is 4.74 Å². The maximum Gasteiger partial charge on any atom is 0.130 e. The highest BCUT2D eigenvalue weighted by molar-refractivity contribution is 6.29. The Morgan fingerprint density at radius 2 is 1.94 bits per heavy atom. The fourth-order valence-electron chi connectivity index (χ4n) is 1.55. The van der Waals surface area contributed by atoms with Crippen molar-refractivity contribution in [2.75, 3.05) is 7.11 Å². The van der Waals surface area contributed by atoms with E-state index in [9.17, 15) is 0 Å². The minimum absolute atomic E-state index is 0.0502. The molecule has 0 spiro atoms. The zero-order valence-electron chi connectivity index (χ0n) is 9.35. The van der Waals surface area contributed by atoms with E-state index in [2.05, 4.69) is 4.98 Å². The summed E-state index contributed by atoms with van der Waals surface area (Å²) < 4.78 is 5.09. The number of ether oxygens (including phenoxy) is 1. The van der Waals surface area contributed by atoms with Crippen LogP contribution in [0.5, 0.6) is 5.75 Å². The summed E-state index contributed by atoms with van der Waals surface area (Å²) in [4.78, 5) is 4.22. The fourth-order valence-corrected chi connectivity index (χ4v) is 1.78. The third kappa shape index (κ3) is 2.75. The van der Waals surface area contributed by atoms with Gasteiger partial charge < -0.3 is 9.84 Å². The first kappa shape index (κ1) is 11.9. The van der Waals surface area contributed by atoms with Crippen LogP contribution in [0.3, 0.4) is 0 Å². The molecule has 0 aliphatic heterocycles. The molecule has 0 aliphatic carbocycles. The maximum atomic E-state index is 9.11. The van der Waals surface area contributed by atoms with Gasteiger partial charge in [0, 0.05) is 5.56 Å². The fraction of sp³-hybridized carbons (Fsp3) is 0.154. The molecule has 1 N–H and O–H groups in total. The number of pyridine rings is 1. The number of aromatic nitrogens is 1. The molecule has 3 nitrogen and oxygen atoms in total. The molecule has 1 aromatic carbocycles. The lowest BCUT2D eigenvalue weighted by Crippen LogP contribution is -1.90. The molecular formula is C13H12ClNO2. The molecular weight excluding hydrogens is 238 g/mol. The molecule has 0 bridgehead atoms. The predicted octanol–water partition coefficient (Wildman–Crippen LogP) is 2.90. The van der Waals surface area contributed by atoms with E-state index < -0.39 is 0 Å². The lowest BCUT2D eigenvalue weighted by Gasteiger charge is -2.05. The first-order chi connectivity index (χ1) is 8.22. The van der Waals surface area contributed by atoms with Crippen LogP contribution in [0.4, 0.5) is 0 Å². The highest BCUT2D eigenvalue weighted by atomic mass is 35.5. The molecule has 1 heterocycles. The van der Waals surface area contributed by atoms with E-state index in [4.69, 9.17) is 21.4 Å². The summed E-state index contributed by atoms with van der Waals surface area (Å²) >= 11 is 5.89. The van der Waals surface area contributed by atoms with Crippen LogP contribution in [-0.2, 0) is 6.61 Å². The standard InChI is InChI=1S/C13H12ClNO2/c1-17-11-4-2-10(3-5-11)12-6-9(8-16)7-13(14)15-12/h2-7,16H,8H2,1H3. The van der Waals surface area contributed by atoms with Gasteiger partial charge >= 0.3 is 0 Å². The average molecular weight is 250 g/mol. The van der Waals surface area contributed by atoms with Crippen molar-refractivity contribution in [2.24, 2.45) is 0 Å². The normalized spacial score (nSPS) is 10.3. The van der Waals surface area contributed by atoms with Crippen molar-refractivity contribution in [1.82, 2.24) is 4.98 Å². The van der Waals surface area contributed by atoms with E-state index in [-0.39, 0.29) is 6.61 Å². The molecule has 0 saturated carbocycles. The minimum atomic E-state index is -0.0502. The Morgan fingerprint density at radius 1 is 1.24 bits per heavy atom. The van der Waals surface area contributed by atoms with Gasteiger partial charge in [-0.05, 0) is 42.0 Å². The van der Waals surface area contributed by atoms with E-state index >= 15 is 0 Å². The van der Waals surface area contributed by atoms with Gasteiger partial charge in [-0.1, -0.05) is 11.6 Å². The summed E-state index contributed by atoms with van der Waals surface area (Å²) in [5.41, 5.74) is 2.42. The Hall–Kier alpha value is -1.58. The van der Waals surface area contributed by atoms with Gasteiger partial charge in [-0.2, -0.15) is 0 Å². The molecule has 0 atom stereocenters. The van der Waals surface area contributed by atoms with Gasteiger partial charge in [0.05, 0.1) is 19.4 Å². The van der Waals surface area contributed by atoms with Gasteiger partial charge in [-0.15, -0.1) is 0 Å². The van der Waals surface area contributed by atoms with E-state index in [0.29, 0.717) is 5.15 Å². The van der Waals surface area contributed by atoms with Crippen LogP contribution in [0, 0.1) is 0 Å². The summed E-state index contributed by atoms with van der Waals surface area (Å²) in [7, 11) is 1.62. The second-order valence-electron chi connectivity index (χ2n) is 3.57. The lowest BCUT2D eigenvalue weighted by atomic mass is 10.1. The van der Waals surface area contributed by atoms with Gasteiger partial charge in [0.1, 0.15) is 10.9 Å². The molecule has 0 amide bonds.